The fourth-order valence-electron chi connectivity index (χ4n) is 2.59. The van der Waals surface area contributed by atoms with E-state index in [1.165, 1.54) is 6.42 Å². The molecule has 5 heteroatoms. The molecule has 1 aromatic heterocycles. The van der Waals surface area contributed by atoms with Crippen molar-refractivity contribution in [1.29, 1.82) is 5.26 Å². The molecule has 0 saturated carbocycles. The van der Waals surface area contributed by atoms with Crippen molar-refractivity contribution in [3.05, 3.63) is 11.7 Å². The minimum atomic E-state index is 0.284. The van der Waals surface area contributed by atoms with Crippen molar-refractivity contribution >= 4 is 0 Å². The van der Waals surface area contributed by atoms with Crippen LogP contribution in [-0.2, 0) is 11.2 Å². The average Bonchev–Trinajstić information content (AvgIpc) is 3.01. The smallest absolute Gasteiger partial charge is 0.227 e. The molecule has 3 heterocycles. The number of aryl methyl sites for hydroxylation is 1. The maximum Gasteiger partial charge on any atom is 0.227 e. The van der Waals surface area contributed by atoms with E-state index in [9.17, 15) is 0 Å². The van der Waals surface area contributed by atoms with Gasteiger partial charge in [-0.15, -0.1) is 0 Å². The SMILES string of the molecule is N#CCCc1nc(C2CC3CCC2O3)no1. The van der Waals surface area contributed by atoms with Gasteiger partial charge in [-0.1, -0.05) is 5.16 Å². The second-order valence-corrected chi connectivity index (χ2v) is 4.42. The van der Waals surface area contributed by atoms with Crippen molar-refractivity contribution < 1.29 is 9.26 Å². The third-order valence-electron chi connectivity index (χ3n) is 3.37. The number of hydrogen-bond acceptors (Lipinski definition) is 5. The first kappa shape index (κ1) is 9.79. The molecular weight excluding hydrogens is 206 g/mol. The highest BCUT2D eigenvalue weighted by atomic mass is 16.5. The molecule has 2 bridgehead atoms. The summed E-state index contributed by atoms with van der Waals surface area (Å²) >= 11 is 0. The molecule has 2 aliphatic rings. The van der Waals surface area contributed by atoms with E-state index in [0.717, 1.165) is 18.7 Å². The summed E-state index contributed by atoms with van der Waals surface area (Å²) in [6, 6.07) is 2.07. The Labute approximate surface area is 93.4 Å². The molecule has 84 valence electrons. The predicted octanol–water partition coefficient (Wildman–Crippen LogP) is 1.56. The van der Waals surface area contributed by atoms with Crippen LogP contribution in [0.5, 0.6) is 0 Å². The average molecular weight is 219 g/mol. The first-order chi connectivity index (χ1) is 7.86. The summed E-state index contributed by atoms with van der Waals surface area (Å²) in [4.78, 5) is 4.34. The van der Waals surface area contributed by atoms with Crippen molar-refractivity contribution in [2.45, 2.75) is 50.2 Å². The Hall–Kier alpha value is -1.41. The lowest BCUT2D eigenvalue weighted by molar-refractivity contribution is 0.0996. The molecule has 0 aromatic carbocycles. The van der Waals surface area contributed by atoms with Gasteiger partial charge < -0.3 is 9.26 Å². The molecule has 5 nitrogen and oxygen atoms in total. The van der Waals surface area contributed by atoms with Gasteiger partial charge in [0.25, 0.3) is 0 Å². The zero-order valence-corrected chi connectivity index (χ0v) is 8.93. The molecule has 3 unspecified atom stereocenters. The Morgan fingerprint density at radius 1 is 1.44 bits per heavy atom. The molecule has 2 fully saturated rings. The summed E-state index contributed by atoms with van der Waals surface area (Å²) in [7, 11) is 0. The Balaban J connectivity index is 1.71. The van der Waals surface area contributed by atoms with Gasteiger partial charge in [0, 0.05) is 12.8 Å². The molecule has 3 atom stereocenters. The van der Waals surface area contributed by atoms with Crippen LogP contribution in [0, 0.1) is 11.3 Å². The Morgan fingerprint density at radius 2 is 2.38 bits per heavy atom. The van der Waals surface area contributed by atoms with Crippen molar-refractivity contribution in [2.75, 3.05) is 0 Å². The minimum Gasteiger partial charge on any atom is -0.374 e. The van der Waals surface area contributed by atoms with Gasteiger partial charge in [0.15, 0.2) is 5.82 Å². The molecule has 0 amide bonds. The van der Waals surface area contributed by atoms with Gasteiger partial charge in [-0.2, -0.15) is 10.2 Å². The van der Waals surface area contributed by atoms with E-state index in [1.54, 1.807) is 0 Å². The molecule has 2 aliphatic heterocycles. The first-order valence-electron chi connectivity index (χ1n) is 5.71. The highest BCUT2D eigenvalue weighted by Crippen LogP contribution is 2.43. The van der Waals surface area contributed by atoms with Crippen LogP contribution in [0.1, 0.15) is 43.3 Å². The van der Waals surface area contributed by atoms with E-state index in [-0.39, 0.29) is 6.10 Å². The van der Waals surface area contributed by atoms with E-state index in [0.29, 0.717) is 30.8 Å². The molecule has 3 rings (SSSR count). The molecule has 0 N–H and O–H groups in total. The molecule has 0 radical (unpaired) electrons. The topological polar surface area (TPSA) is 71.9 Å². The molecule has 0 aliphatic carbocycles. The number of aromatic nitrogens is 2. The third-order valence-corrected chi connectivity index (χ3v) is 3.37. The summed E-state index contributed by atoms with van der Waals surface area (Å²) < 4.78 is 10.9. The standard InChI is InChI=1S/C11H13N3O2/c12-5-1-2-10-13-11(14-16-10)8-6-7-3-4-9(8)15-7/h7-9H,1-4,6H2. The number of ether oxygens (including phenoxy) is 1. The number of rotatable bonds is 3. The molecule has 1 aromatic rings. The van der Waals surface area contributed by atoms with E-state index in [1.807, 2.05) is 0 Å². The number of nitriles is 1. The maximum atomic E-state index is 8.47. The monoisotopic (exact) mass is 219 g/mol. The lowest BCUT2D eigenvalue weighted by Crippen LogP contribution is -2.15. The first-order valence-corrected chi connectivity index (χ1v) is 5.71. The van der Waals surface area contributed by atoms with Gasteiger partial charge in [0.05, 0.1) is 24.2 Å². The lowest BCUT2D eigenvalue weighted by Gasteiger charge is -2.13. The van der Waals surface area contributed by atoms with Crippen molar-refractivity contribution in [2.24, 2.45) is 0 Å². The van der Waals surface area contributed by atoms with Crippen molar-refractivity contribution in [3.63, 3.8) is 0 Å². The van der Waals surface area contributed by atoms with Gasteiger partial charge >= 0.3 is 0 Å². The molecule has 16 heavy (non-hydrogen) atoms. The van der Waals surface area contributed by atoms with Gasteiger partial charge in [0.1, 0.15) is 0 Å². The van der Waals surface area contributed by atoms with E-state index < -0.39 is 0 Å². The van der Waals surface area contributed by atoms with Gasteiger partial charge in [-0.3, -0.25) is 0 Å². The summed E-state index contributed by atoms with van der Waals surface area (Å²) in [6.07, 6.45) is 4.95. The van der Waals surface area contributed by atoms with Crippen LogP contribution in [0.4, 0.5) is 0 Å². The molecular formula is C11H13N3O2. The van der Waals surface area contributed by atoms with Crippen LogP contribution in [0.15, 0.2) is 4.52 Å². The highest BCUT2D eigenvalue weighted by molar-refractivity contribution is 5.06. The predicted molar refractivity (Wildman–Crippen MR) is 53.5 cm³/mol. The third kappa shape index (κ3) is 1.59. The largest absolute Gasteiger partial charge is 0.374 e. The maximum absolute atomic E-state index is 8.47. The van der Waals surface area contributed by atoms with Crippen LogP contribution < -0.4 is 0 Å². The van der Waals surface area contributed by atoms with Gasteiger partial charge in [-0.25, -0.2) is 0 Å². The summed E-state index contributed by atoms with van der Waals surface area (Å²) in [5, 5.41) is 12.5. The fourth-order valence-corrected chi connectivity index (χ4v) is 2.59. The minimum absolute atomic E-state index is 0.284. The van der Waals surface area contributed by atoms with E-state index >= 15 is 0 Å². The van der Waals surface area contributed by atoms with E-state index in [4.69, 9.17) is 14.5 Å². The number of nitrogens with zero attached hydrogens (tertiary/aromatic N) is 3. The Bertz CT molecular complexity index is 423. The highest BCUT2D eigenvalue weighted by Gasteiger charge is 2.43. The summed E-state index contributed by atoms with van der Waals surface area (Å²) in [5.74, 6) is 1.64. The second kappa shape index (κ2) is 3.87. The van der Waals surface area contributed by atoms with E-state index in [2.05, 4.69) is 16.2 Å². The van der Waals surface area contributed by atoms with Crippen LogP contribution in [0.3, 0.4) is 0 Å². The zero-order valence-electron chi connectivity index (χ0n) is 8.93. The summed E-state index contributed by atoms with van der Waals surface area (Å²) in [5.41, 5.74) is 0. The lowest BCUT2D eigenvalue weighted by atomic mass is 9.89. The van der Waals surface area contributed by atoms with Gasteiger partial charge in [-0.05, 0) is 19.3 Å². The quantitative estimate of drug-likeness (QED) is 0.771. The normalized spacial score (nSPS) is 31.8. The van der Waals surface area contributed by atoms with Crippen LogP contribution >= 0.6 is 0 Å². The van der Waals surface area contributed by atoms with Crippen LogP contribution in [-0.4, -0.2) is 22.3 Å². The number of hydrogen-bond donors (Lipinski definition) is 0. The van der Waals surface area contributed by atoms with Crippen LogP contribution in [0.25, 0.3) is 0 Å². The summed E-state index contributed by atoms with van der Waals surface area (Å²) in [6.45, 7) is 0. The Morgan fingerprint density at radius 3 is 3.06 bits per heavy atom. The second-order valence-electron chi connectivity index (χ2n) is 4.42. The zero-order chi connectivity index (χ0) is 11.0. The fraction of sp³-hybridized carbons (Fsp3) is 0.727. The Kier molecular flexibility index (Phi) is 2.37. The van der Waals surface area contributed by atoms with Crippen molar-refractivity contribution in [3.8, 4) is 6.07 Å². The number of fused-ring (bicyclic) bond motifs is 2. The van der Waals surface area contributed by atoms with Crippen molar-refractivity contribution in [1.82, 2.24) is 10.1 Å². The molecule has 2 saturated heterocycles. The molecule has 0 spiro atoms. The van der Waals surface area contributed by atoms with Crippen LogP contribution in [0.2, 0.25) is 0 Å². The van der Waals surface area contributed by atoms with Gasteiger partial charge in [0.2, 0.25) is 5.89 Å².